The summed E-state index contributed by atoms with van der Waals surface area (Å²) in [5, 5.41) is 10.4. The summed E-state index contributed by atoms with van der Waals surface area (Å²) in [7, 11) is 0. The third-order valence-corrected chi connectivity index (χ3v) is 6.15. The van der Waals surface area contributed by atoms with Gasteiger partial charge in [0, 0.05) is 28.8 Å². The molecule has 0 heterocycles. The molecule has 3 nitrogen and oxygen atoms in total. The molecule has 14 heteroatoms. The molecule has 0 amide bonds. The molecule has 0 aliphatic rings. The third-order valence-electron chi connectivity index (χ3n) is 5.43. The number of benzene rings is 3. The molecular weight excluding hydrogens is 568 g/mol. The highest BCUT2D eigenvalue weighted by Crippen LogP contribution is 2.40. The van der Waals surface area contributed by atoms with Crippen LogP contribution in [0, 0.1) is 5.82 Å². The van der Waals surface area contributed by atoms with Crippen molar-refractivity contribution in [3.63, 3.8) is 0 Å². The van der Waals surface area contributed by atoms with Crippen molar-refractivity contribution in [2.75, 3.05) is 4.90 Å². The molecule has 3 rings (SSSR count). The van der Waals surface area contributed by atoms with Gasteiger partial charge in [-0.3, -0.25) is 0 Å². The molecular formula is C25H19F10NO2S. The highest BCUT2D eigenvalue weighted by Gasteiger charge is 2.54. The zero-order valence-electron chi connectivity index (χ0n) is 19.8. The Hall–Kier alpha value is -3.13. The first-order chi connectivity index (χ1) is 17.9. The number of alkyl halides is 9. The maximum Gasteiger partial charge on any atom is 0.446 e. The van der Waals surface area contributed by atoms with E-state index in [-0.39, 0.29) is 39.6 Å². The van der Waals surface area contributed by atoms with Crippen molar-refractivity contribution in [3.05, 3.63) is 89.2 Å². The summed E-state index contributed by atoms with van der Waals surface area (Å²) in [5.74, 6) is -1.30. The Morgan fingerprint density at radius 2 is 1.51 bits per heavy atom. The fraction of sp³-hybridized carbons (Fsp3) is 0.280. The zero-order chi connectivity index (χ0) is 29.2. The van der Waals surface area contributed by atoms with Crippen LogP contribution in [0.1, 0.15) is 23.6 Å². The van der Waals surface area contributed by atoms with E-state index in [2.05, 4.69) is 0 Å². The van der Waals surface area contributed by atoms with E-state index in [4.69, 9.17) is 4.74 Å². The number of ether oxygens (including phenoxy) is 1. The molecule has 0 saturated heterocycles. The summed E-state index contributed by atoms with van der Waals surface area (Å²) in [6.07, 6.45) is -10.2. The maximum atomic E-state index is 14.4. The Balaban J connectivity index is 1.92. The number of aliphatic hydroxyl groups is 1. The Morgan fingerprint density at radius 1 is 0.846 bits per heavy atom. The minimum Gasteiger partial charge on any atom is -0.489 e. The van der Waals surface area contributed by atoms with Crippen LogP contribution in [0.2, 0.25) is 0 Å². The molecule has 0 radical (unpaired) electrons. The van der Waals surface area contributed by atoms with Crippen LogP contribution in [0.5, 0.6) is 5.75 Å². The Labute approximate surface area is 220 Å². The Bertz CT molecular complexity index is 1290. The van der Waals surface area contributed by atoms with Crippen LogP contribution in [-0.2, 0) is 19.3 Å². The Kier molecular flexibility index (Phi) is 8.70. The van der Waals surface area contributed by atoms with Gasteiger partial charge in [0.15, 0.2) is 0 Å². The molecule has 1 unspecified atom stereocenters. The lowest BCUT2D eigenvalue weighted by Gasteiger charge is -2.40. The normalized spacial score (nSPS) is 14.2. The monoisotopic (exact) mass is 587 g/mol. The quantitative estimate of drug-likeness (QED) is 0.163. The van der Waals surface area contributed by atoms with Gasteiger partial charge >= 0.3 is 17.9 Å². The standard InChI is InChI=1S/C25H19F10NO2S/c1-22(37,24(30,31)32)36(13-16-11-17(23(27,28)29)8-9-21(16)26)18-5-3-6-19(12-18)38-14-15-4-2-7-20(10-15)39-25(33,34)35/h2-12,37H,13-14H2,1H3. The lowest BCUT2D eigenvalue weighted by molar-refractivity contribution is -0.253. The number of nitrogens with zero attached hydrogens (tertiary/aromatic N) is 1. The fourth-order valence-electron chi connectivity index (χ4n) is 3.43. The molecule has 0 bridgehead atoms. The van der Waals surface area contributed by atoms with E-state index in [9.17, 15) is 49.0 Å². The number of hydrogen-bond donors (Lipinski definition) is 1. The molecule has 1 N–H and O–H groups in total. The molecule has 0 spiro atoms. The van der Waals surface area contributed by atoms with E-state index in [1.165, 1.54) is 36.4 Å². The van der Waals surface area contributed by atoms with Crippen LogP contribution in [0.15, 0.2) is 71.6 Å². The van der Waals surface area contributed by atoms with Crippen LogP contribution >= 0.6 is 11.8 Å². The van der Waals surface area contributed by atoms with Gasteiger partial charge in [-0.2, -0.15) is 39.5 Å². The second kappa shape index (κ2) is 11.2. The summed E-state index contributed by atoms with van der Waals surface area (Å²) in [4.78, 5) is 0.145. The van der Waals surface area contributed by atoms with Crippen LogP contribution in [-0.4, -0.2) is 22.5 Å². The summed E-state index contributed by atoms with van der Waals surface area (Å²) >= 11 is -0.345. The first-order valence-corrected chi connectivity index (χ1v) is 11.7. The molecule has 1 atom stereocenters. The SMILES string of the molecule is CC(O)(N(Cc1cc(C(F)(F)F)ccc1F)c1cccc(OCc2cccc(SC(F)(F)F)c2)c1)C(F)(F)F. The van der Waals surface area contributed by atoms with Gasteiger partial charge in [-0.1, -0.05) is 18.2 Å². The van der Waals surface area contributed by atoms with Gasteiger partial charge in [-0.25, -0.2) is 4.39 Å². The Morgan fingerprint density at radius 3 is 2.13 bits per heavy atom. The predicted octanol–water partition coefficient (Wildman–Crippen LogP) is 8.31. The van der Waals surface area contributed by atoms with Gasteiger partial charge in [0.2, 0.25) is 5.72 Å². The summed E-state index contributed by atoms with van der Waals surface area (Å²) in [6, 6.07) is 11.2. The number of hydrogen-bond acceptors (Lipinski definition) is 4. The van der Waals surface area contributed by atoms with Gasteiger partial charge < -0.3 is 14.7 Å². The first-order valence-electron chi connectivity index (χ1n) is 10.9. The largest absolute Gasteiger partial charge is 0.489 e. The highest BCUT2D eigenvalue weighted by atomic mass is 32.2. The van der Waals surface area contributed by atoms with Crippen molar-refractivity contribution in [2.24, 2.45) is 0 Å². The van der Waals surface area contributed by atoms with E-state index < -0.39 is 47.1 Å². The summed E-state index contributed by atoms with van der Waals surface area (Å²) in [6.45, 7) is -1.04. The van der Waals surface area contributed by atoms with Gasteiger partial charge in [-0.05, 0) is 66.7 Å². The first kappa shape index (κ1) is 30.4. The number of halogens is 10. The summed E-state index contributed by atoms with van der Waals surface area (Å²) in [5.41, 5.74) is -10.3. The van der Waals surface area contributed by atoms with Crippen molar-refractivity contribution < 1.29 is 53.7 Å². The number of thioether (sulfide) groups is 1. The van der Waals surface area contributed by atoms with Gasteiger partial charge in [0.1, 0.15) is 18.2 Å². The van der Waals surface area contributed by atoms with Crippen molar-refractivity contribution >= 4 is 17.4 Å². The zero-order valence-corrected chi connectivity index (χ0v) is 20.6. The van der Waals surface area contributed by atoms with Crippen molar-refractivity contribution in [2.45, 2.75) is 48.6 Å². The number of anilines is 1. The molecule has 3 aromatic rings. The fourth-order valence-corrected chi connectivity index (χ4v) is 4.06. The molecule has 0 fully saturated rings. The van der Waals surface area contributed by atoms with Crippen LogP contribution in [0.3, 0.4) is 0 Å². The summed E-state index contributed by atoms with van der Waals surface area (Å²) < 4.78 is 139. The lowest BCUT2D eigenvalue weighted by Crippen LogP contribution is -2.57. The molecule has 0 aliphatic heterocycles. The molecule has 0 aromatic heterocycles. The van der Waals surface area contributed by atoms with E-state index in [0.29, 0.717) is 30.7 Å². The molecule has 3 aromatic carbocycles. The topological polar surface area (TPSA) is 32.7 Å². The minimum absolute atomic E-state index is 0.0751. The van der Waals surface area contributed by atoms with Gasteiger partial charge in [0.25, 0.3) is 0 Å². The second-order valence-electron chi connectivity index (χ2n) is 8.39. The van der Waals surface area contributed by atoms with E-state index >= 15 is 0 Å². The van der Waals surface area contributed by atoms with Crippen molar-refractivity contribution in [3.8, 4) is 5.75 Å². The molecule has 212 valence electrons. The van der Waals surface area contributed by atoms with Gasteiger partial charge in [-0.15, -0.1) is 0 Å². The van der Waals surface area contributed by atoms with E-state index in [1.54, 1.807) is 0 Å². The smallest absolute Gasteiger partial charge is 0.446 e. The maximum absolute atomic E-state index is 14.4. The predicted molar refractivity (Wildman–Crippen MR) is 123 cm³/mol. The van der Waals surface area contributed by atoms with Crippen molar-refractivity contribution in [1.82, 2.24) is 0 Å². The van der Waals surface area contributed by atoms with Crippen LogP contribution in [0.25, 0.3) is 0 Å². The average Bonchev–Trinajstić information content (AvgIpc) is 2.80. The molecule has 39 heavy (non-hydrogen) atoms. The van der Waals surface area contributed by atoms with E-state index in [0.717, 1.165) is 12.1 Å². The minimum atomic E-state index is -5.32. The van der Waals surface area contributed by atoms with Crippen LogP contribution in [0.4, 0.5) is 49.6 Å². The van der Waals surface area contributed by atoms with Gasteiger partial charge in [0.05, 0.1) is 5.56 Å². The van der Waals surface area contributed by atoms with Crippen molar-refractivity contribution in [1.29, 1.82) is 0 Å². The van der Waals surface area contributed by atoms with E-state index in [1.807, 2.05) is 0 Å². The lowest BCUT2D eigenvalue weighted by atomic mass is 10.1. The average molecular weight is 587 g/mol. The van der Waals surface area contributed by atoms with Crippen LogP contribution < -0.4 is 9.64 Å². The third kappa shape index (κ3) is 7.94. The molecule has 0 saturated carbocycles. The highest BCUT2D eigenvalue weighted by molar-refractivity contribution is 8.00. The second-order valence-corrected chi connectivity index (χ2v) is 9.53. The number of rotatable bonds is 8. The molecule has 0 aliphatic carbocycles.